The molecule has 1 N–H and O–H groups in total. The van der Waals surface area contributed by atoms with Crippen LogP contribution >= 0.6 is 0 Å². The molecular formula is C23H36FN3O3. The Kier molecular flexibility index (Phi) is 7.24. The van der Waals surface area contributed by atoms with Crippen LogP contribution in [0.15, 0.2) is 18.2 Å². The Balaban J connectivity index is 1.76. The Morgan fingerprint density at radius 2 is 1.93 bits per heavy atom. The molecule has 0 spiro atoms. The molecule has 1 amide bonds. The molecule has 1 aromatic rings. The molecule has 7 heteroatoms. The molecule has 0 aromatic heterocycles. The van der Waals surface area contributed by atoms with Gasteiger partial charge in [-0.2, -0.15) is 0 Å². The van der Waals surface area contributed by atoms with Crippen molar-refractivity contribution in [2.24, 2.45) is 5.41 Å². The summed E-state index contributed by atoms with van der Waals surface area (Å²) in [4.78, 5) is 18.6. The van der Waals surface area contributed by atoms with Crippen LogP contribution in [-0.2, 0) is 11.2 Å². The lowest BCUT2D eigenvalue weighted by molar-refractivity contribution is 0.0133. The normalized spacial score (nSPS) is 19.4. The monoisotopic (exact) mass is 421 g/mol. The fourth-order valence-electron chi connectivity index (χ4n) is 4.78. The lowest BCUT2D eigenvalue weighted by atomic mass is 9.86. The SMILES string of the molecule is C[C@@H](CN1CCc2cc(F)ccc21)N(C(=O)O)[C@H](CN1CCOCC1)CC(C)(C)C. The van der Waals surface area contributed by atoms with Gasteiger partial charge in [-0.3, -0.25) is 9.80 Å². The van der Waals surface area contributed by atoms with E-state index in [0.717, 1.165) is 50.3 Å². The van der Waals surface area contributed by atoms with E-state index in [1.54, 1.807) is 11.0 Å². The zero-order chi connectivity index (χ0) is 21.9. The van der Waals surface area contributed by atoms with Crippen LogP contribution < -0.4 is 4.90 Å². The molecule has 1 saturated heterocycles. The Bertz CT molecular complexity index is 731. The van der Waals surface area contributed by atoms with Crippen molar-refractivity contribution < 1.29 is 19.0 Å². The van der Waals surface area contributed by atoms with Crippen molar-refractivity contribution >= 4 is 11.8 Å². The first kappa shape index (κ1) is 22.8. The van der Waals surface area contributed by atoms with E-state index >= 15 is 0 Å². The number of fused-ring (bicyclic) bond motifs is 1. The molecule has 6 nitrogen and oxygen atoms in total. The standard InChI is InChI=1S/C23H36FN3O3/c1-17(15-26-8-7-18-13-19(24)5-6-21(18)26)27(22(28)29)20(14-23(2,3)4)16-25-9-11-30-12-10-25/h5-6,13,17,20H,7-12,14-16H2,1-4H3,(H,28,29)/t17-,20-/m0/s1. The molecule has 1 fully saturated rings. The molecule has 1 aromatic carbocycles. The summed E-state index contributed by atoms with van der Waals surface area (Å²) in [6, 6.07) is 4.63. The van der Waals surface area contributed by atoms with Crippen molar-refractivity contribution in [1.82, 2.24) is 9.80 Å². The first-order chi connectivity index (χ1) is 14.1. The smallest absolute Gasteiger partial charge is 0.407 e. The second-order valence-corrected chi connectivity index (χ2v) is 9.84. The maximum atomic E-state index is 13.6. The van der Waals surface area contributed by atoms with Crippen molar-refractivity contribution in [2.45, 2.75) is 52.6 Å². The number of amides is 1. The second-order valence-electron chi connectivity index (χ2n) is 9.84. The van der Waals surface area contributed by atoms with Gasteiger partial charge in [-0.05, 0) is 48.9 Å². The minimum Gasteiger partial charge on any atom is -0.465 e. The molecule has 168 valence electrons. The molecule has 2 heterocycles. The van der Waals surface area contributed by atoms with Gasteiger partial charge in [0.05, 0.1) is 19.3 Å². The molecule has 2 aliphatic rings. The summed E-state index contributed by atoms with van der Waals surface area (Å²) in [5.74, 6) is -0.216. The predicted octanol–water partition coefficient (Wildman–Crippen LogP) is 3.69. The van der Waals surface area contributed by atoms with Gasteiger partial charge in [-0.25, -0.2) is 9.18 Å². The Morgan fingerprint density at radius 3 is 2.57 bits per heavy atom. The summed E-state index contributed by atoms with van der Waals surface area (Å²) in [5, 5.41) is 10.2. The third-order valence-corrected chi connectivity index (χ3v) is 6.03. The van der Waals surface area contributed by atoms with Gasteiger partial charge in [0.25, 0.3) is 0 Å². The van der Waals surface area contributed by atoms with Crippen LogP contribution in [0, 0.1) is 11.2 Å². The molecule has 30 heavy (non-hydrogen) atoms. The average Bonchev–Trinajstić information content (AvgIpc) is 3.02. The van der Waals surface area contributed by atoms with Crippen molar-refractivity contribution in [3.05, 3.63) is 29.6 Å². The highest BCUT2D eigenvalue weighted by molar-refractivity contribution is 5.66. The number of hydrogen-bond donors (Lipinski definition) is 1. The van der Waals surface area contributed by atoms with Gasteiger partial charge >= 0.3 is 6.09 Å². The first-order valence-electron chi connectivity index (χ1n) is 11.0. The van der Waals surface area contributed by atoms with Crippen LogP contribution in [0.5, 0.6) is 0 Å². The van der Waals surface area contributed by atoms with Gasteiger partial charge in [0.1, 0.15) is 5.82 Å². The van der Waals surface area contributed by atoms with Crippen molar-refractivity contribution in [2.75, 3.05) is 50.8 Å². The second kappa shape index (κ2) is 9.52. The Hall–Kier alpha value is -1.86. The van der Waals surface area contributed by atoms with Crippen LogP contribution in [-0.4, -0.2) is 79.0 Å². The Morgan fingerprint density at radius 1 is 1.23 bits per heavy atom. The van der Waals surface area contributed by atoms with Gasteiger partial charge in [0.2, 0.25) is 0 Å². The molecule has 0 bridgehead atoms. The topological polar surface area (TPSA) is 56.2 Å². The van der Waals surface area contributed by atoms with E-state index < -0.39 is 6.09 Å². The molecule has 0 unspecified atom stereocenters. The fourth-order valence-corrected chi connectivity index (χ4v) is 4.78. The van der Waals surface area contributed by atoms with E-state index in [0.29, 0.717) is 19.8 Å². The summed E-state index contributed by atoms with van der Waals surface area (Å²) < 4.78 is 19.0. The minimum atomic E-state index is -0.872. The maximum Gasteiger partial charge on any atom is 0.407 e. The maximum absolute atomic E-state index is 13.6. The zero-order valence-electron chi connectivity index (χ0n) is 18.7. The van der Waals surface area contributed by atoms with Crippen molar-refractivity contribution in [3.8, 4) is 0 Å². The van der Waals surface area contributed by atoms with Crippen molar-refractivity contribution in [1.29, 1.82) is 0 Å². The average molecular weight is 422 g/mol. The van der Waals surface area contributed by atoms with E-state index in [1.807, 2.05) is 13.0 Å². The number of carbonyl (C=O) groups is 1. The van der Waals surface area contributed by atoms with Crippen LogP contribution in [0.2, 0.25) is 0 Å². The van der Waals surface area contributed by atoms with E-state index in [-0.39, 0.29) is 23.3 Å². The molecule has 0 aliphatic carbocycles. The third-order valence-electron chi connectivity index (χ3n) is 6.03. The number of ether oxygens (including phenoxy) is 1. The molecule has 0 saturated carbocycles. The number of benzene rings is 1. The molecule has 2 atom stereocenters. The molecule has 0 radical (unpaired) electrons. The number of morpholine rings is 1. The zero-order valence-corrected chi connectivity index (χ0v) is 18.7. The summed E-state index contributed by atoms with van der Waals surface area (Å²) in [7, 11) is 0. The van der Waals surface area contributed by atoms with E-state index in [4.69, 9.17) is 4.74 Å². The summed E-state index contributed by atoms with van der Waals surface area (Å²) >= 11 is 0. The lowest BCUT2D eigenvalue weighted by Crippen LogP contribution is -2.55. The van der Waals surface area contributed by atoms with Gasteiger partial charge in [0.15, 0.2) is 0 Å². The van der Waals surface area contributed by atoms with E-state index in [1.165, 1.54) is 6.07 Å². The Labute approximate surface area is 179 Å². The van der Waals surface area contributed by atoms with Crippen LogP contribution in [0.4, 0.5) is 14.9 Å². The first-order valence-corrected chi connectivity index (χ1v) is 11.0. The number of rotatable bonds is 7. The van der Waals surface area contributed by atoms with Crippen LogP contribution in [0.25, 0.3) is 0 Å². The summed E-state index contributed by atoms with van der Waals surface area (Å²) in [5.41, 5.74) is 2.04. The number of carboxylic acid groups (broad SMARTS) is 1. The third kappa shape index (κ3) is 5.85. The fraction of sp³-hybridized carbons (Fsp3) is 0.696. The summed E-state index contributed by atoms with van der Waals surface area (Å²) in [6.45, 7) is 13.7. The summed E-state index contributed by atoms with van der Waals surface area (Å²) in [6.07, 6.45) is 0.720. The largest absolute Gasteiger partial charge is 0.465 e. The highest BCUT2D eigenvalue weighted by atomic mass is 19.1. The molecular weight excluding hydrogens is 385 g/mol. The van der Waals surface area contributed by atoms with E-state index in [9.17, 15) is 14.3 Å². The quantitative estimate of drug-likeness (QED) is 0.728. The van der Waals surface area contributed by atoms with Gasteiger partial charge < -0.3 is 14.7 Å². The lowest BCUT2D eigenvalue weighted by Gasteiger charge is -2.42. The number of nitrogens with zero attached hydrogens (tertiary/aromatic N) is 3. The minimum absolute atomic E-state index is 0.0160. The number of halogens is 1. The van der Waals surface area contributed by atoms with Gasteiger partial charge in [0, 0.05) is 44.5 Å². The predicted molar refractivity (Wildman–Crippen MR) is 117 cm³/mol. The number of anilines is 1. The molecule has 3 rings (SSSR count). The van der Waals surface area contributed by atoms with E-state index in [2.05, 4.69) is 30.6 Å². The van der Waals surface area contributed by atoms with Crippen molar-refractivity contribution in [3.63, 3.8) is 0 Å². The van der Waals surface area contributed by atoms with Crippen LogP contribution in [0.1, 0.15) is 39.7 Å². The van der Waals surface area contributed by atoms with Gasteiger partial charge in [-0.15, -0.1) is 0 Å². The van der Waals surface area contributed by atoms with Gasteiger partial charge in [-0.1, -0.05) is 20.8 Å². The van der Waals surface area contributed by atoms with Crippen LogP contribution in [0.3, 0.4) is 0 Å². The highest BCUT2D eigenvalue weighted by Gasteiger charge is 2.34. The number of hydrogen-bond acceptors (Lipinski definition) is 4. The highest BCUT2D eigenvalue weighted by Crippen LogP contribution is 2.30. The molecule has 2 aliphatic heterocycles.